The molecule has 1 aliphatic heterocycles. The van der Waals surface area contributed by atoms with Gasteiger partial charge in [-0.05, 0) is 28.1 Å². The van der Waals surface area contributed by atoms with E-state index >= 15 is 0 Å². The van der Waals surface area contributed by atoms with Crippen LogP contribution in [-0.2, 0) is 9.47 Å². The summed E-state index contributed by atoms with van der Waals surface area (Å²) in [6, 6.07) is 9.87. The van der Waals surface area contributed by atoms with Crippen molar-refractivity contribution in [2.24, 2.45) is 0 Å². The number of hydrogen-bond acceptors (Lipinski definition) is 3. The third-order valence-corrected chi connectivity index (χ3v) is 2.43. The third-order valence-electron chi connectivity index (χ3n) is 1.85. The first kappa shape index (κ1) is 10.1. The maximum Gasteiger partial charge on any atom is 0.230 e. The SMILES string of the molecule is BrC1=COCO/C1=C\Nc1ccccc1. The standard InChI is InChI=1S/C11H10BrNO2/c12-10-7-14-8-15-11(10)6-13-9-4-2-1-3-5-9/h1-7,13H,8H2/b11-6-. The Balaban J connectivity index is 2.05. The minimum absolute atomic E-state index is 0.247. The highest BCUT2D eigenvalue weighted by Crippen LogP contribution is 2.22. The first-order chi connectivity index (χ1) is 7.36. The number of para-hydroxylation sites is 1. The van der Waals surface area contributed by atoms with Crippen molar-refractivity contribution < 1.29 is 9.47 Å². The van der Waals surface area contributed by atoms with Crippen molar-refractivity contribution in [1.29, 1.82) is 0 Å². The molecule has 1 aromatic rings. The van der Waals surface area contributed by atoms with E-state index in [0.717, 1.165) is 15.9 Å². The van der Waals surface area contributed by atoms with Crippen LogP contribution in [0.2, 0.25) is 0 Å². The molecule has 1 aromatic carbocycles. The monoisotopic (exact) mass is 267 g/mol. The summed E-state index contributed by atoms with van der Waals surface area (Å²) >= 11 is 3.33. The molecule has 0 spiro atoms. The number of nitrogens with one attached hydrogen (secondary N) is 1. The molecule has 0 unspecified atom stereocenters. The van der Waals surface area contributed by atoms with Crippen LogP contribution in [-0.4, -0.2) is 6.79 Å². The van der Waals surface area contributed by atoms with Crippen LogP contribution in [0, 0.1) is 0 Å². The Morgan fingerprint density at radius 1 is 1.27 bits per heavy atom. The van der Waals surface area contributed by atoms with Gasteiger partial charge in [0.1, 0.15) is 6.26 Å². The van der Waals surface area contributed by atoms with Crippen molar-refractivity contribution in [2.45, 2.75) is 0 Å². The van der Waals surface area contributed by atoms with E-state index in [1.807, 2.05) is 30.3 Å². The van der Waals surface area contributed by atoms with Crippen molar-refractivity contribution in [3.8, 4) is 0 Å². The van der Waals surface area contributed by atoms with Crippen LogP contribution in [0.1, 0.15) is 0 Å². The highest BCUT2D eigenvalue weighted by molar-refractivity contribution is 9.11. The summed E-state index contributed by atoms with van der Waals surface area (Å²) in [6.07, 6.45) is 3.40. The quantitative estimate of drug-likeness (QED) is 0.893. The highest BCUT2D eigenvalue weighted by Gasteiger charge is 2.08. The second-order valence-corrected chi connectivity index (χ2v) is 3.77. The molecule has 0 fully saturated rings. The van der Waals surface area contributed by atoms with Crippen LogP contribution < -0.4 is 5.32 Å². The molecule has 0 atom stereocenters. The van der Waals surface area contributed by atoms with Gasteiger partial charge in [0.05, 0.1) is 4.48 Å². The molecule has 4 heteroatoms. The molecule has 15 heavy (non-hydrogen) atoms. The minimum Gasteiger partial charge on any atom is -0.464 e. The van der Waals surface area contributed by atoms with Crippen molar-refractivity contribution in [3.05, 3.63) is 53.0 Å². The number of anilines is 1. The fraction of sp³-hybridized carbons (Fsp3) is 0.0909. The number of rotatable bonds is 2. The molecule has 1 heterocycles. The minimum atomic E-state index is 0.247. The van der Waals surface area contributed by atoms with Gasteiger partial charge < -0.3 is 14.8 Å². The van der Waals surface area contributed by atoms with E-state index in [2.05, 4.69) is 21.2 Å². The lowest BCUT2D eigenvalue weighted by Gasteiger charge is -2.14. The van der Waals surface area contributed by atoms with Crippen LogP contribution in [0.15, 0.2) is 53.0 Å². The molecule has 0 aromatic heterocycles. The molecule has 0 bridgehead atoms. The van der Waals surface area contributed by atoms with Gasteiger partial charge in [-0.25, -0.2) is 0 Å². The van der Waals surface area contributed by atoms with Crippen LogP contribution >= 0.6 is 15.9 Å². The smallest absolute Gasteiger partial charge is 0.230 e. The van der Waals surface area contributed by atoms with Crippen molar-refractivity contribution in [1.82, 2.24) is 0 Å². The van der Waals surface area contributed by atoms with E-state index < -0.39 is 0 Å². The Morgan fingerprint density at radius 3 is 2.80 bits per heavy atom. The molecule has 0 saturated carbocycles. The van der Waals surface area contributed by atoms with Gasteiger partial charge in [-0.1, -0.05) is 18.2 Å². The molecular weight excluding hydrogens is 258 g/mol. The molecule has 0 aliphatic carbocycles. The fourth-order valence-electron chi connectivity index (χ4n) is 1.13. The predicted octanol–water partition coefficient (Wildman–Crippen LogP) is 3.18. The fourth-order valence-corrected chi connectivity index (χ4v) is 1.49. The Hall–Kier alpha value is -1.42. The lowest BCUT2D eigenvalue weighted by Crippen LogP contribution is -2.05. The molecule has 0 amide bonds. The molecule has 3 nitrogen and oxygen atoms in total. The number of hydrogen-bond donors (Lipinski definition) is 1. The van der Waals surface area contributed by atoms with Crippen molar-refractivity contribution in [3.63, 3.8) is 0 Å². The molecule has 0 saturated heterocycles. The molecular formula is C11H10BrNO2. The van der Waals surface area contributed by atoms with Crippen LogP contribution in [0.4, 0.5) is 5.69 Å². The normalized spacial score (nSPS) is 17.7. The molecule has 1 aliphatic rings. The van der Waals surface area contributed by atoms with Gasteiger partial charge in [-0.2, -0.15) is 0 Å². The third kappa shape index (κ3) is 2.76. The molecule has 0 radical (unpaired) electrons. The van der Waals surface area contributed by atoms with E-state index in [0.29, 0.717) is 0 Å². The summed E-state index contributed by atoms with van der Waals surface area (Å²) < 4.78 is 11.0. The predicted molar refractivity (Wildman–Crippen MR) is 62.2 cm³/mol. The Bertz CT molecular complexity index is 387. The van der Waals surface area contributed by atoms with Gasteiger partial charge in [-0.3, -0.25) is 0 Å². The highest BCUT2D eigenvalue weighted by atomic mass is 79.9. The van der Waals surface area contributed by atoms with E-state index in [1.54, 1.807) is 12.5 Å². The van der Waals surface area contributed by atoms with Crippen molar-refractivity contribution >= 4 is 21.6 Å². The van der Waals surface area contributed by atoms with E-state index in [1.165, 1.54) is 0 Å². The lowest BCUT2D eigenvalue weighted by molar-refractivity contribution is 0.0186. The van der Waals surface area contributed by atoms with Gasteiger partial charge >= 0.3 is 0 Å². The summed E-state index contributed by atoms with van der Waals surface area (Å²) in [5.41, 5.74) is 1.01. The molecule has 78 valence electrons. The van der Waals surface area contributed by atoms with Crippen LogP contribution in [0.3, 0.4) is 0 Å². The second-order valence-electron chi connectivity index (χ2n) is 2.91. The van der Waals surface area contributed by atoms with Gasteiger partial charge in [0.15, 0.2) is 5.76 Å². The topological polar surface area (TPSA) is 30.5 Å². The molecule has 1 N–H and O–H groups in total. The number of benzene rings is 1. The maximum atomic E-state index is 5.27. The summed E-state index contributed by atoms with van der Waals surface area (Å²) in [7, 11) is 0. The average Bonchev–Trinajstić information content (AvgIpc) is 2.29. The average molecular weight is 268 g/mol. The first-order valence-electron chi connectivity index (χ1n) is 4.48. The Kier molecular flexibility index (Phi) is 3.29. The first-order valence-corrected chi connectivity index (χ1v) is 5.28. The van der Waals surface area contributed by atoms with Gasteiger partial charge in [-0.15, -0.1) is 0 Å². The van der Waals surface area contributed by atoms with Gasteiger partial charge in [0, 0.05) is 11.9 Å². The lowest BCUT2D eigenvalue weighted by atomic mass is 10.3. The zero-order valence-electron chi connectivity index (χ0n) is 7.94. The van der Waals surface area contributed by atoms with Crippen LogP contribution in [0.5, 0.6) is 0 Å². The van der Waals surface area contributed by atoms with E-state index in [-0.39, 0.29) is 6.79 Å². The van der Waals surface area contributed by atoms with E-state index in [9.17, 15) is 0 Å². The van der Waals surface area contributed by atoms with E-state index in [4.69, 9.17) is 9.47 Å². The zero-order chi connectivity index (χ0) is 10.5. The summed E-state index contributed by atoms with van der Waals surface area (Å²) in [6.45, 7) is 0.247. The largest absolute Gasteiger partial charge is 0.464 e. The summed E-state index contributed by atoms with van der Waals surface area (Å²) in [4.78, 5) is 0. The van der Waals surface area contributed by atoms with Crippen LogP contribution in [0.25, 0.3) is 0 Å². The Labute approximate surface area is 96.5 Å². The zero-order valence-corrected chi connectivity index (χ0v) is 9.53. The maximum absolute atomic E-state index is 5.27. The number of allylic oxidation sites excluding steroid dienone is 1. The molecule has 2 rings (SSSR count). The number of halogens is 1. The van der Waals surface area contributed by atoms with Gasteiger partial charge in [0.25, 0.3) is 0 Å². The number of ether oxygens (including phenoxy) is 2. The van der Waals surface area contributed by atoms with Gasteiger partial charge in [0.2, 0.25) is 6.79 Å². The Morgan fingerprint density at radius 2 is 2.07 bits per heavy atom. The second kappa shape index (κ2) is 4.89. The summed E-state index contributed by atoms with van der Waals surface area (Å²) in [5.74, 6) is 0.727. The summed E-state index contributed by atoms with van der Waals surface area (Å²) in [5, 5.41) is 3.13. The van der Waals surface area contributed by atoms with Crippen molar-refractivity contribution in [2.75, 3.05) is 12.1 Å².